The van der Waals surface area contributed by atoms with Crippen molar-refractivity contribution in [2.24, 2.45) is 4.99 Å². The van der Waals surface area contributed by atoms with Gasteiger partial charge in [0.2, 0.25) is 5.91 Å². The van der Waals surface area contributed by atoms with E-state index >= 15 is 0 Å². The summed E-state index contributed by atoms with van der Waals surface area (Å²) < 4.78 is 42.7. The average molecular weight is 514 g/mol. The molecule has 0 bridgehead atoms. The highest BCUT2D eigenvalue weighted by molar-refractivity contribution is 7.92. The monoisotopic (exact) mass is 513 g/mol. The maximum absolute atomic E-state index is 12.6. The lowest BCUT2D eigenvalue weighted by Crippen LogP contribution is -2.43. The lowest BCUT2D eigenvalue weighted by atomic mass is 10.2. The van der Waals surface area contributed by atoms with Crippen LogP contribution in [0, 0.1) is 0 Å². The Bertz CT molecular complexity index is 1230. The molecular formula is C21H27N3O8S2. The summed E-state index contributed by atoms with van der Waals surface area (Å²) in [6.07, 6.45) is 0. The largest absolute Gasteiger partial charge is 0.465 e. The molecule has 3 rings (SSSR count). The lowest BCUT2D eigenvalue weighted by molar-refractivity contribution is -0.132. The van der Waals surface area contributed by atoms with E-state index in [0.29, 0.717) is 61.8 Å². The number of esters is 1. The topological polar surface area (TPSA) is 134 Å². The standard InChI is InChI=1S/C21H27N3O8S2/c1-3-31-11-8-24-16-5-4-15(20(27)30-2)12-17(16)33-21(24)22-18(25)13-34(28,29)14-19(26)23-6-9-32-10-7-23/h4-5,12H,3,6-11,13-14H2,1-2H3. The Kier molecular flexibility index (Phi) is 8.94. The summed E-state index contributed by atoms with van der Waals surface area (Å²) >= 11 is 1.14. The number of amides is 2. The maximum Gasteiger partial charge on any atom is 0.337 e. The Morgan fingerprint density at radius 1 is 1.18 bits per heavy atom. The molecule has 0 unspecified atom stereocenters. The van der Waals surface area contributed by atoms with Gasteiger partial charge in [0.15, 0.2) is 14.6 Å². The Hall–Kier alpha value is -2.61. The third-order valence-corrected chi connectivity index (χ3v) is 7.45. The zero-order valence-corrected chi connectivity index (χ0v) is 20.7. The molecule has 0 spiro atoms. The van der Waals surface area contributed by atoms with E-state index in [1.54, 1.807) is 22.8 Å². The first-order valence-electron chi connectivity index (χ1n) is 10.7. The quantitative estimate of drug-likeness (QED) is 0.344. The molecule has 0 saturated carbocycles. The summed E-state index contributed by atoms with van der Waals surface area (Å²) in [4.78, 5) is 42.4. The second kappa shape index (κ2) is 11.7. The summed E-state index contributed by atoms with van der Waals surface area (Å²) in [5.74, 6) is -3.56. The molecule has 1 aliphatic heterocycles. The minimum atomic E-state index is -4.00. The van der Waals surface area contributed by atoms with Crippen molar-refractivity contribution < 1.29 is 37.0 Å². The number of nitrogens with zero attached hydrogens (tertiary/aromatic N) is 3. The van der Waals surface area contributed by atoms with Crippen LogP contribution in [0.25, 0.3) is 10.2 Å². The number of hydrogen-bond donors (Lipinski definition) is 0. The van der Waals surface area contributed by atoms with Crippen LogP contribution in [-0.2, 0) is 40.2 Å². The van der Waals surface area contributed by atoms with Gasteiger partial charge < -0.3 is 23.7 Å². The molecule has 2 heterocycles. The van der Waals surface area contributed by atoms with E-state index < -0.39 is 39.1 Å². The smallest absolute Gasteiger partial charge is 0.337 e. The fraction of sp³-hybridized carbons (Fsp3) is 0.524. The van der Waals surface area contributed by atoms with Crippen molar-refractivity contribution in [3.05, 3.63) is 28.6 Å². The number of fused-ring (bicyclic) bond motifs is 1. The minimum Gasteiger partial charge on any atom is -0.465 e. The van der Waals surface area contributed by atoms with E-state index in [9.17, 15) is 22.8 Å². The SMILES string of the molecule is CCOCCn1c(=NC(=O)CS(=O)(=O)CC(=O)N2CCOCC2)sc2cc(C(=O)OC)ccc21. The number of hydrogen-bond acceptors (Lipinski definition) is 9. The summed E-state index contributed by atoms with van der Waals surface area (Å²) in [6.45, 7) is 4.45. The molecule has 1 aromatic carbocycles. The summed E-state index contributed by atoms with van der Waals surface area (Å²) in [5.41, 5.74) is 1.06. The van der Waals surface area contributed by atoms with Crippen LogP contribution >= 0.6 is 11.3 Å². The molecule has 2 aromatic rings. The molecule has 0 aliphatic carbocycles. The number of methoxy groups -OCH3 is 1. The van der Waals surface area contributed by atoms with E-state index in [2.05, 4.69) is 4.99 Å². The van der Waals surface area contributed by atoms with E-state index in [0.717, 1.165) is 11.3 Å². The molecule has 1 aromatic heterocycles. The number of morpholine rings is 1. The van der Waals surface area contributed by atoms with Crippen LogP contribution in [0.5, 0.6) is 0 Å². The van der Waals surface area contributed by atoms with Crippen LogP contribution in [0.15, 0.2) is 23.2 Å². The number of sulfone groups is 1. The van der Waals surface area contributed by atoms with Crippen molar-refractivity contribution in [1.82, 2.24) is 9.47 Å². The van der Waals surface area contributed by atoms with Gasteiger partial charge in [0, 0.05) is 26.2 Å². The number of aromatic nitrogens is 1. The fourth-order valence-corrected chi connectivity index (χ4v) is 5.60. The van der Waals surface area contributed by atoms with Crippen molar-refractivity contribution in [2.75, 3.05) is 58.1 Å². The average Bonchev–Trinajstić information content (AvgIpc) is 3.14. The second-order valence-electron chi connectivity index (χ2n) is 7.44. The highest BCUT2D eigenvalue weighted by Gasteiger charge is 2.25. The molecule has 11 nitrogen and oxygen atoms in total. The van der Waals surface area contributed by atoms with Crippen molar-refractivity contribution in [2.45, 2.75) is 13.5 Å². The van der Waals surface area contributed by atoms with Gasteiger partial charge in [0.1, 0.15) is 11.5 Å². The molecule has 13 heteroatoms. The number of ether oxygens (including phenoxy) is 3. The first kappa shape index (κ1) is 26.0. The Morgan fingerprint density at radius 2 is 1.91 bits per heavy atom. The van der Waals surface area contributed by atoms with Crippen LogP contribution in [0.3, 0.4) is 0 Å². The molecular weight excluding hydrogens is 486 g/mol. The zero-order valence-electron chi connectivity index (χ0n) is 19.0. The van der Waals surface area contributed by atoms with Gasteiger partial charge in [-0.1, -0.05) is 11.3 Å². The summed E-state index contributed by atoms with van der Waals surface area (Å²) in [5, 5.41) is 0. The van der Waals surface area contributed by atoms with E-state index in [1.165, 1.54) is 12.0 Å². The Labute approximate surface area is 200 Å². The summed E-state index contributed by atoms with van der Waals surface area (Å²) in [6, 6.07) is 4.95. The highest BCUT2D eigenvalue weighted by Crippen LogP contribution is 2.20. The van der Waals surface area contributed by atoms with Gasteiger partial charge in [0.05, 0.1) is 42.7 Å². The number of benzene rings is 1. The molecule has 0 N–H and O–H groups in total. The fourth-order valence-electron chi connectivity index (χ4n) is 3.39. The second-order valence-corrected chi connectivity index (χ2v) is 10.5. The van der Waals surface area contributed by atoms with Crippen molar-refractivity contribution in [1.29, 1.82) is 0 Å². The third kappa shape index (κ3) is 6.72. The van der Waals surface area contributed by atoms with Crippen LogP contribution in [0.2, 0.25) is 0 Å². The van der Waals surface area contributed by atoms with E-state index in [1.807, 2.05) is 6.92 Å². The lowest BCUT2D eigenvalue weighted by Gasteiger charge is -2.26. The molecule has 1 saturated heterocycles. The van der Waals surface area contributed by atoms with Crippen LogP contribution in [-0.4, -0.2) is 93.8 Å². The molecule has 1 fully saturated rings. The van der Waals surface area contributed by atoms with Gasteiger partial charge in [-0.05, 0) is 25.1 Å². The van der Waals surface area contributed by atoms with E-state index in [4.69, 9.17) is 14.2 Å². The Balaban J connectivity index is 1.84. The van der Waals surface area contributed by atoms with Crippen molar-refractivity contribution in [3.63, 3.8) is 0 Å². The number of rotatable bonds is 9. The van der Waals surface area contributed by atoms with Gasteiger partial charge in [0.25, 0.3) is 5.91 Å². The normalized spacial score (nSPS) is 15.0. The first-order valence-corrected chi connectivity index (χ1v) is 13.3. The number of carbonyl (C=O) groups is 3. The number of thiazole rings is 1. The van der Waals surface area contributed by atoms with Crippen molar-refractivity contribution in [3.8, 4) is 0 Å². The Morgan fingerprint density at radius 3 is 2.59 bits per heavy atom. The van der Waals surface area contributed by atoms with Crippen LogP contribution in [0.1, 0.15) is 17.3 Å². The van der Waals surface area contributed by atoms with E-state index in [-0.39, 0.29) is 4.80 Å². The highest BCUT2D eigenvalue weighted by atomic mass is 32.2. The van der Waals surface area contributed by atoms with Gasteiger partial charge in [-0.2, -0.15) is 4.99 Å². The first-order chi connectivity index (χ1) is 16.2. The zero-order chi connectivity index (χ0) is 24.7. The van der Waals surface area contributed by atoms with Crippen molar-refractivity contribution >= 4 is 49.2 Å². The predicted octanol–water partition coefficient (Wildman–Crippen LogP) is 0.227. The van der Waals surface area contributed by atoms with Gasteiger partial charge >= 0.3 is 5.97 Å². The minimum absolute atomic E-state index is 0.274. The molecule has 0 atom stereocenters. The summed E-state index contributed by atoms with van der Waals surface area (Å²) in [7, 11) is -2.72. The third-order valence-electron chi connectivity index (χ3n) is 5.04. The molecule has 186 valence electrons. The van der Waals surface area contributed by atoms with Crippen LogP contribution in [0.4, 0.5) is 0 Å². The molecule has 34 heavy (non-hydrogen) atoms. The molecule has 1 aliphatic rings. The van der Waals surface area contributed by atoms with Gasteiger partial charge in [-0.3, -0.25) is 9.59 Å². The van der Waals surface area contributed by atoms with Gasteiger partial charge in [-0.25, -0.2) is 13.2 Å². The van der Waals surface area contributed by atoms with Crippen LogP contribution < -0.4 is 4.80 Å². The molecule has 0 radical (unpaired) electrons. The van der Waals surface area contributed by atoms with Gasteiger partial charge in [-0.15, -0.1) is 0 Å². The predicted molar refractivity (Wildman–Crippen MR) is 124 cm³/mol. The molecule has 2 amide bonds. The number of carbonyl (C=O) groups excluding carboxylic acids is 3. The maximum atomic E-state index is 12.6.